The van der Waals surface area contributed by atoms with E-state index in [1.54, 1.807) is 19.9 Å². The first kappa shape index (κ1) is 18.1. The van der Waals surface area contributed by atoms with E-state index < -0.39 is 11.9 Å². The molecule has 1 rings (SSSR count). The number of phenols is 2. The summed E-state index contributed by atoms with van der Waals surface area (Å²) < 4.78 is 0. The summed E-state index contributed by atoms with van der Waals surface area (Å²) in [6, 6.07) is 5.85. The van der Waals surface area contributed by atoms with Crippen molar-refractivity contribution in [3.05, 3.63) is 24.3 Å². The molecule has 102 valence electrons. The highest BCUT2D eigenvalue weighted by molar-refractivity contribution is 5.66. The SMILES string of the molecule is CCC(=O)O.CCC(=O)O.Oc1cccc(O)c1. The van der Waals surface area contributed by atoms with Gasteiger partial charge in [0.05, 0.1) is 0 Å². The third-order valence-electron chi connectivity index (χ3n) is 1.43. The maximum Gasteiger partial charge on any atom is 0.303 e. The van der Waals surface area contributed by atoms with E-state index in [1.807, 2.05) is 0 Å². The van der Waals surface area contributed by atoms with E-state index in [4.69, 9.17) is 20.4 Å². The van der Waals surface area contributed by atoms with Crippen LogP contribution in [0, 0.1) is 0 Å². The van der Waals surface area contributed by atoms with E-state index in [0.29, 0.717) is 0 Å². The molecule has 0 fully saturated rings. The van der Waals surface area contributed by atoms with Crippen LogP contribution in [0.1, 0.15) is 26.7 Å². The highest BCUT2D eigenvalue weighted by atomic mass is 16.4. The maximum absolute atomic E-state index is 9.37. The molecule has 1 aromatic rings. The Hall–Kier alpha value is -2.24. The Bertz CT molecular complexity index is 330. The van der Waals surface area contributed by atoms with Crippen LogP contribution in [0.15, 0.2) is 24.3 Å². The fourth-order valence-corrected chi connectivity index (χ4v) is 0.493. The Morgan fingerprint density at radius 1 is 0.944 bits per heavy atom. The molecule has 0 aliphatic carbocycles. The zero-order valence-corrected chi connectivity index (χ0v) is 10.3. The van der Waals surface area contributed by atoms with Gasteiger partial charge in [-0.1, -0.05) is 19.9 Å². The minimum absolute atomic E-state index is 0.0880. The molecule has 0 aliphatic heterocycles. The second-order valence-corrected chi connectivity index (χ2v) is 3.01. The monoisotopic (exact) mass is 258 g/mol. The van der Waals surface area contributed by atoms with Gasteiger partial charge in [0.15, 0.2) is 0 Å². The first-order chi connectivity index (χ1) is 8.33. The predicted octanol–water partition coefficient (Wildman–Crippen LogP) is 2.06. The van der Waals surface area contributed by atoms with E-state index in [9.17, 15) is 9.59 Å². The van der Waals surface area contributed by atoms with Crippen molar-refractivity contribution in [2.45, 2.75) is 26.7 Å². The van der Waals surface area contributed by atoms with Crippen molar-refractivity contribution < 1.29 is 30.0 Å². The van der Waals surface area contributed by atoms with Gasteiger partial charge in [-0.05, 0) is 12.1 Å². The molecule has 4 N–H and O–H groups in total. The van der Waals surface area contributed by atoms with Crippen molar-refractivity contribution in [2.24, 2.45) is 0 Å². The van der Waals surface area contributed by atoms with Gasteiger partial charge in [0.25, 0.3) is 0 Å². The van der Waals surface area contributed by atoms with Gasteiger partial charge in [-0.15, -0.1) is 0 Å². The number of carbonyl (C=O) groups is 2. The number of rotatable bonds is 2. The summed E-state index contributed by atoms with van der Waals surface area (Å²) in [5.41, 5.74) is 0. The van der Waals surface area contributed by atoms with Crippen molar-refractivity contribution in [3.8, 4) is 11.5 Å². The Labute approximate surface area is 105 Å². The maximum atomic E-state index is 9.37. The molecule has 0 aliphatic rings. The molecule has 0 bridgehead atoms. The van der Waals surface area contributed by atoms with Gasteiger partial charge in [0, 0.05) is 18.9 Å². The van der Waals surface area contributed by atoms with Crippen LogP contribution in [-0.4, -0.2) is 32.4 Å². The van der Waals surface area contributed by atoms with Gasteiger partial charge in [0.2, 0.25) is 0 Å². The Morgan fingerprint density at radius 2 is 1.22 bits per heavy atom. The van der Waals surface area contributed by atoms with Gasteiger partial charge < -0.3 is 20.4 Å². The molecule has 6 heteroatoms. The third-order valence-corrected chi connectivity index (χ3v) is 1.43. The van der Waals surface area contributed by atoms with Gasteiger partial charge in [0.1, 0.15) is 11.5 Å². The largest absolute Gasteiger partial charge is 0.508 e. The number of aliphatic carboxylic acids is 2. The average Bonchev–Trinajstić information content (AvgIpc) is 2.30. The molecule has 0 heterocycles. The second kappa shape index (κ2) is 11.3. The number of phenolic OH excluding ortho intramolecular Hbond substituents is 2. The Balaban J connectivity index is 0. The Kier molecular flexibility index (Phi) is 11.3. The number of carboxylic acids is 2. The summed E-state index contributed by atoms with van der Waals surface area (Å²) in [5, 5.41) is 32.8. The second-order valence-electron chi connectivity index (χ2n) is 3.01. The topological polar surface area (TPSA) is 115 Å². The summed E-state index contributed by atoms with van der Waals surface area (Å²) in [6.45, 7) is 3.20. The van der Waals surface area contributed by atoms with Crippen molar-refractivity contribution in [3.63, 3.8) is 0 Å². The van der Waals surface area contributed by atoms with E-state index in [0.717, 1.165) is 0 Å². The first-order valence-corrected chi connectivity index (χ1v) is 5.25. The first-order valence-electron chi connectivity index (χ1n) is 5.25. The fraction of sp³-hybridized carbons (Fsp3) is 0.333. The molecule has 0 spiro atoms. The summed E-state index contributed by atoms with van der Waals surface area (Å²) in [5.74, 6) is -1.31. The summed E-state index contributed by atoms with van der Waals surface area (Å²) in [4.78, 5) is 18.7. The molecule has 0 saturated heterocycles. The zero-order valence-electron chi connectivity index (χ0n) is 10.3. The van der Waals surface area contributed by atoms with E-state index in [1.165, 1.54) is 18.2 Å². The number of carboxylic acid groups (broad SMARTS) is 2. The zero-order chi connectivity index (χ0) is 14.6. The van der Waals surface area contributed by atoms with Gasteiger partial charge in [-0.3, -0.25) is 9.59 Å². The van der Waals surface area contributed by atoms with Crippen molar-refractivity contribution in [1.29, 1.82) is 0 Å². The molecule has 0 amide bonds. The van der Waals surface area contributed by atoms with Crippen LogP contribution in [0.25, 0.3) is 0 Å². The highest BCUT2D eigenvalue weighted by Gasteiger charge is 1.85. The van der Waals surface area contributed by atoms with E-state index in [2.05, 4.69) is 0 Å². The molecule has 0 aromatic heterocycles. The van der Waals surface area contributed by atoms with Gasteiger partial charge >= 0.3 is 11.9 Å². The smallest absolute Gasteiger partial charge is 0.303 e. The van der Waals surface area contributed by atoms with Crippen LogP contribution >= 0.6 is 0 Å². The van der Waals surface area contributed by atoms with E-state index in [-0.39, 0.29) is 24.3 Å². The molecular weight excluding hydrogens is 240 g/mol. The summed E-state index contributed by atoms with van der Waals surface area (Å²) >= 11 is 0. The van der Waals surface area contributed by atoms with Crippen LogP contribution in [0.5, 0.6) is 11.5 Å². The lowest BCUT2D eigenvalue weighted by Gasteiger charge is -1.89. The minimum Gasteiger partial charge on any atom is -0.508 e. The lowest BCUT2D eigenvalue weighted by molar-refractivity contribution is -0.137. The molecular formula is C12H18O6. The number of benzene rings is 1. The van der Waals surface area contributed by atoms with E-state index >= 15 is 0 Å². The van der Waals surface area contributed by atoms with Crippen LogP contribution in [0.2, 0.25) is 0 Å². The fourth-order valence-electron chi connectivity index (χ4n) is 0.493. The molecule has 6 nitrogen and oxygen atoms in total. The molecule has 0 radical (unpaired) electrons. The third kappa shape index (κ3) is 16.2. The number of aromatic hydroxyl groups is 2. The van der Waals surface area contributed by atoms with Crippen molar-refractivity contribution in [1.82, 2.24) is 0 Å². The molecule has 0 saturated carbocycles. The van der Waals surface area contributed by atoms with Crippen LogP contribution in [-0.2, 0) is 9.59 Å². The standard InChI is InChI=1S/C6H6O2.2C3H6O2/c7-5-2-1-3-6(8)4-5;2*1-2-3(4)5/h1-4,7-8H;2*2H2,1H3,(H,4,5). The van der Waals surface area contributed by atoms with Gasteiger partial charge in [-0.2, -0.15) is 0 Å². The average molecular weight is 258 g/mol. The molecule has 18 heavy (non-hydrogen) atoms. The van der Waals surface area contributed by atoms with Crippen molar-refractivity contribution in [2.75, 3.05) is 0 Å². The molecule has 0 atom stereocenters. The van der Waals surface area contributed by atoms with Crippen LogP contribution in [0.3, 0.4) is 0 Å². The molecule has 1 aromatic carbocycles. The van der Waals surface area contributed by atoms with Crippen LogP contribution < -0.4 is 0 Å². The predicted molar refractivity (Wildman–Crippen MR) is 65.6 cm³/mol. The minimum atomic E-state index is -0.745. The number of hydrogen-bond acceptors (Lipinski definition) is 4. The van der Waals surface area contributed by atoms with Gasteiger partial charge in [-0.25, -0.2) is 0 Å². The Morgan fingerprint density at radius 3 is 1.33 bits per heavy atom. The quantitative estimate of drug-likeness (QED) is 0.645. The van der Waals surface area contributed by atoms with Crippen LogP contribution in [0.4, 0.5) is 0 Å². The lowest BCUT2D eigenvalue weighted by atomic mass is 10.3. The van der Waals surface area contributed by atoms with Crippen molar-refractivity contribution >= 4 is 11.9 Å². The number of hydrogen-bond donors (Lipinski definition) is 4. The molecule has 0 unspecified atom stereocenters. The highest BCUT2D eigenvalue weighted by Crippen LogP contribution is 2.14. The summed E-state index contributed by atoms with van der Waals surface area (Å²) in [7, 11) is 0. The normalized spacial score (nSPS) is 8.11. The summed E-state index contributed by atoms with van der Waals surface area (Å²) in [6.07, 6.45) is 0.444. The lowest BCUT2D eigenvalue weighted by Crippen LogP contribution is -1.86.